The van der Waals surface area contributed by atoms with Gasteiger partial charge in [0.15, 0.2) is 0 Å². The molecule has 0 N–H and O–H groups in total. The SMILES string of the molecule is Cc1nc(C2CC2)nc2sc(C(=O)N3CCn4cccc4C3c3ccccc3)c(C)c12. The molecule has 4 aromatic rings. The molecule has 1 atom stereocenters. The number of fused-ring (bicyclic) bond motifs is 2. The first-order valence-corrected chi connectivity index (χ1v) is 11.7. The quantitative estimate of drug-likeness (QED) is 0.449. The molecule has 156 valence electrons. The summed E-state index contributed by atoms with van der Waals surface area (Å²) in [4.78, 5) is 27.3. The normalized spacial score (nSPS) is 18.4. The van der Waals surface area contributed by atoms with Crippen molar-refractivity contribution in [1.29, 1.82) is 0 Å². The first-order valence-electron chi connectivity index (χ1n) is 10.9. The lowest BCUT2D eigenvalue weighted by Crippen LogP contribution is -2.42. The van der Waals surface area contributed by atoms with Gasteiger partial charge in [0, 0.05) is 36.3 Å². The Balaban J connectivity index is 1.45. The largest absolute Gasteiger partial charge is 0.348 e. The summed E-state index contributed by atoms with van der Waals surface area (Å²) in [6, 6.07) is 14.5. The number of benzene rings is 1. The molecule has 1 fully saturated rings. The van der Waals surface area contributed by atoms with Crippen LogP contribution < -0.4 is 0 Å². The first kappa shape index (κ1) is 18.8. The van der Waals surface area contributed by atoms with Crippen LogP contribution in [-0.2, 0) is 6.54 Å². The molecule has 0 bridgehead atoms. The Morgan fingerprint density at radius 3 is 2.61 bits per heavy atom. The van der Waals surface area contributed by atoms with E-state index >= 15 is 0 Å². The highest BCUT2D eigenvalue weighted by Gasteiger charge is 2.35. The summed E-state index contributed by atoms with van der Waals surface area (Å²) in [5.74, 6) is 1.54. The second kappa shape index (κ2) is 7.02. The number of hydrogen-bond donors (Lipinski definition) is 0. The van der Waals surface area contributed by atoms with Gasteiger partial charge in [0.2, 0.25) is 0 Å². The van der Waals surface area contributed by atoms with Crippen LogP contribution in [0.15, 0.2) is 48.7 Å². The molecule has 1 aromatic carbocycles. The number of carbonyl (C=O) groups is 1. The number of aryl methyl sites for hydroxylation is 2. The summed E-state index contributed by atoms with van der Waals surface area (Å²) >= 11 is 1.53. The molecule has 1 amide bonds. The van der Waals surface area contributed by atoms with E-state index < -0.39 is 0 Å². The van der Waals surface area contributed by atoms with Crippen molar-refractivity contribution in [2.75, 3.05) is 6.54 Å². The van der Waals surface area contributed by atoms with Gasteiger partial charge in [-0.2, -0.15) is 0 Å². The summed E-state index contributed by atoms with van der Waals surface area (Å²) in [7, 11) is 0. The number of rotatable bonds is 3. The highest BCUT2D eigenvalue weighted by molar-refractivity contribution is 7.20. The van der Waals surface area contributed by atoms with Gasteiger partial charge in [0.05, 0.1) is 16.6 Å². The number of thiophene rings is 1. The number of amides is 1. The van der Waals surface area contributed by atoms with E-state index in [9.17, 15) is 4.79 Å². The molecule has 31 heavy (non-hydrogen) atoms. The fraction of sp³-hybridized carbons (Fsp3) is 0.320. The average molecular weight is 429 g/mol. The fourth-order valence-corrected chi connectivity index (χ4v) is 6.00. The Bertz CT molecular complexity index is 1300. The predicted octanol–water partition coefficient (Wildman–Crippen LogP) is 5.23. The summed E-state index contributed by atoms with van der Waals surface area (Å²) in [5, 5.41) is 1.05. The summed E-state index contributed by atoms with van der Waals surface area (Å²) in [6.45, 7) is 5.59. The molecule has 5 nitrogen and oxygen atoms in total. The van der Waals surface area contributed by atoms with Crippen LogP contribution in [0.3, 0.4) is 0 Å². The zero-order chi connectivity index (χ0) is 21.1. The van der Waals surface area contributed by atoms with Crippen molar-refractivity contribution in [3.05, 3.63) is 81.9 Å². The van der Waals surface area contributed by atoms with E-state index in [1.807, 2.05) is 36.9 Å². The number of hydrogen-bond acceptors (Lipinski definition) is 4. The van der Waals surface area contributed by atoms with Crippen molar-refractivity contribution in [1.82, 2.24) is 19.4 Å². The van der Waals surface area contributed by atoms with Crippen molar-refractivity contribution in [3.8, 4) is 0 Å². The minimum absolute atomic E-state index is 0.0868. The highest BCUT2D eigenvalue weighted by Crippen LogP contribution is 2.41. The second-order valence-corrected chi connectivity index (χ2v) is 9.62. The molecule has 4 heterocycles. The maximum absolute atomic E-state index is 13.9. The van der Waals surface area contributed by atoms with Gasteiger partial charge in [-0.25, -0.2) is 9.97 Å². The molecular weight excluding hydrogens is 404 g/mol. The summed E-state index contributed by atoms with van der Waals surface area (Å²) in [5.41, 5.74) is 4.31. The molecule has 1 aliphatic carbocycles. The van der Waals surface area contributed by atoms with Crippen molar-refractivity contribution < 1.29 is 4.79 Å². The van der Waals surface area contributed by atoms with Crippen molar-refractivity contribution >= 4 is 27.5 Å². The van der Waals surface area contributed by atoms with Gasteiger partial charge in [0.1, 0.15) is 10.7 Å². The Morgan fingerprint density at radius 1 is 1.03 bits per heavy atom. The van der Waals surface area contributed by atoms with Gasteiger partial charge in [-0.1, -0.05) is 30.3 Å². The Hall–Kier alpha value is -2.99. The maximum Gasteiger partial charge on any atom is 0.265 e. The molecule has 6 heteroatoms. The topological polar surface area (TPSA) is 51.0 Å². The molecule has 1 aliphatic heterocycles. The molecule has 0 spiro atoms. The predicted molar refractivity (Wildman–Crippen MR) is 123 cm³/mol. The third kappa shape index (κ3) is 3.00. The van der Waals surface area contributed by atoms with Crippen LogP contribution in [0, 0.1) is 13.8 Å². The minimum atomic E-state index is -0.0868. The van der Waals surface area contributed by atoms with Crippen LogP contribution in [0.25, 0.3) is 10.2 Å². The Kier molecular flexibility index (Phi) is 4.25. The van der Waals surface area contributed by atoms with E-state index in [0.717, 1.165) is 50.0 Å². The van der Waals surface area contributed by atoms with Gasteiger partial charge < -0.3 is 9.47 Å². The van der Waals surface area contributed by atoms with E-state index in [-0.39, 0.29) is 11.9 Å². The molecule has 1 unspecified atom stereocenters. The smallest absolute Gasteiger partial charge is 0.265 e. The minimum Gasteiger partial charge on any atom is -0.348 e. The number of nitrogens with zero attached hydrogens (tertiary/aromatic N) is 4. The number of carbonyl (C=O) groups excluding carboxylic acids is 1. The van der Waals surface area contributed by atoms with Crippen LogP contribution in [0.1, 0.15) is 62.8 Å². The molecule has 1 saturated carbocycles. The van der Waals surface area contributed by atoms with Gasteiger partial charge >= 0.3 is 0 Å². The molecule has 0 radical (unpaired) electrons. The van der Waals surface area contributed by atoms with E-state index in [4.69, 9.17) is 9.97 Å². The van der Waals surface area contributed by atoms with Crippen LogP contribution >= 0.6 is 11.3 Å². The molecular formula is C25H24N4OS. The lowest BCUT2D eigenvalue weighted by molar-refractivity contribution is 0.0668. The van der Waals surface area contributed by atoms with Crippen molar-refractivity contribution in [2.24, 2.45) is 0 Å². The fourth-order valence-electron chi connectivity index (χ4n) is 4.81. The van der Waals surface area contributed by atoms with Crippen LogP contribution in [0.2, 0.25) is 0 Å². The Morgan fingerprint density at radius 2 is 1.84 bits per heavy atom. The molecule has 2 aliphatic rings. The van der Waals surface area contributed by atoms with Gasteiger partial charge in [-0.3, -0.25) is 4.79 Å². The molecule has 3 aromatic heterocycles. The maximum atomic E-state index is 13.9. The zero-order valence-electron chi connectivity index (χ0n) is 17.7. The lowest BCUT2D eigenvalue weighted by Gasteiger charge is -2.37. The standard InChI is InChI=1S/C25H24N4OS/c1-15-20-16(2)26-23(18-10-11-18)27-24(20)31-22(15)25(30)29-14-13-28-12-6-9-19(28)21(29)17-7-4-3-5-8-17/h3-9,12,18,21H,10-11,13-14H2,1-2H3. The summed E-state index contributed by atoms with van der Waals surface area (Å²) in [6.07, 6.45) is 4.46. The summed E-state index contributed by atoms with van der Waals surface area (Å²) < 4.78 is 2.26. The first-order chi connectivity index (χ1) is 15.1. The number of aromatic nitrogens is 3. The van der Waals surface area contributed by atoms with Crippen LogP contribution in [0.5, 0.6) is 0 Å². The lowest BCUT2D eigenvalue weighted by atomic mass is 9.99. The zero-order valence-corrected chi connectivity index (χ0v) is 18.5. The molecule has 0 saturated heterocycles. The third-order valence-corrected chi connectivity index (χ3v) is 7.71. The van der Waals surface area contributed by atoms with E-state index in [0.29, 0.717) is 12.5 Å². The van der Waals surface area contributed by atoms with Crippen LogP contribution in [-0.4, -0.2) is 31.9 Å². The van der Waals surface area contributed by atoms with E-state index in [1.165, 1.54) is 24.2 Å². The third-order valence-electron chi connectivity index (χ3n) is 6.54. The highest BCUT2D eigenvalue weighted by atomic mass is 32.1. The van der Waals surface area contributed by atoms with Gasteiger partial charge in [0.25, 0.3) is 5.91 Å². The van der Waals surface area contributed by atoms with Gasteiger partial charge in [-0.15, -0.1) is 11.3 Å². The average Bonchev–Trinajstić information content (AvgIpc) is 3.43. The van der Waals surface area contributed by atoms with E-state index in [2.05, 4.69) is 35.0 Å². The monoisotopic (exact) mass is 428 g/mol. The molecule has 6 rings (SSSR count). The second-order valence-electron chi connectivity index (χ2n) is 8.62. The van der Waals surface area contributed by atoms with Crippen molar-refractivity contribution in [2.45, 2.75) is 45.2 Å². The van der Waals surface area contributed by atoms with Crippen molar-refractivity contribution in [3.63, 3.8) is 0 Å². The Labute approximate surface area is 185 Å². The van der Waals surface area contributed by atoms with Gasteiger partial charge in [-0.05, 0) is 49.9 Å². The van der Waals surface area contributed by atoms with E-state index in [1.54, 1.807) is 0 Å². The van der Waals surface area contributed by atoms with Crippen LogP contribution in [0.4, 0.5) is 0 Å².